The van der Waals surface area contributed by atoms with Gasteiger partial charge >= 0.3 is 0 Å². The highest BCUT2D eigenvalue weighted by molar-refractivity contribution is 7.17. The van der Waals surface area contributed by atoms with Crippen LogP contribution in [0.1, 0.15) is 62.3 Å². The van der Waals surface area contributed by atoms with E-state index in [-0.39, 0.29) is 0 Å². The molecule has 0 aliphatic carbocycles. The van der Waals surface area contributed by atoms with Gasteiger partial charge in [-0.05, 0) is 19.3 Å². The number of anilines is 1. The first-order valence-electron chi connectivity index (χ1n) is 7.39. The van der Waals surface area contributed by atoms with Crippen molar-refractivity contribution in [2.75, 3.05) is 18.0 Å². The molecule has 0 bridgehead atoms. The molecule has 0 spiro atoms. The first-order valence-corrected chi connectivity index (χ1v) is 8.21. The molecule has 0 amide bonds. The standard InChI is InChI=1S/C15H26N2OS/c1-5-9-13-14(11-18)19-15(16-13)17(8-4)10-12(6-2)7-3/h11-12H,5-10H2,1-4H3. The average Bonchev–Trinajstić information content (AvgIpc) is 2.84. The Morgan fingerprint density at radius 1 is 1.26 bits per heavy atom. The second-order valence-electron chi connectivity index (χ2n) is 4.90. The van der Waals surface area contributed by atoms with Crippen molar-refractivity contribution in [1.29, 1.82) is 0 Å². The molecular weight excluding hydrogens is 256 g/mol. The molecule has 0 aliphatic heterocycles. The van der Waals surface area contributed by atoms with E-state index in [1.165, 1.54) is 12.8 Å². The Morgan fingerprint density at radius 3 is 2.42 bits per heavy atom. The molecule has 0 N–H and O–H groups in total. The highest BCUT2D eigenvalue weighted by Crippen LogP contribution is 2.27. The number of carbonyl (C=O) groups is 1. The largest absolute Gasteiger partial charge is 0.348 e. The highest BCUT2D eigenvalue weighted by Gasteiger charge is 2.17. The number of aldehydes is 1. The number of hydrogen-bond donors (Lipinski definition) is 0. The number of thiazole rings is 1. The van der Waals surface area contributed by atoms with E-state index in [4.69, 9.17) is 0 Å². The van der Waals surface area contributed by atoms with Crippen LogP contribution in [0.2, 0.25) is 0 Å². The van der Waals surface area contributed by atoms with Gasteiger partial charge in [-0.2, -0.15) is 0 Å². The maximum Gasteiger partial charge on any atom is 0.186 e. The number of nitrogens with zero attached hydrogens (tertiary/aromatic N) is 2. The maximum atomic E-state index is 11.1. The summed E-state index contributed by atoms with van der Waals surface area (Å²) in [6, 6.07) is 0. The summed E-state index contributed by atoms with van der Waals surface area (Å²) in [4.78, 5) is 18.9. The fraction of sp³-hybridized carbons (Fsp3) is 0.733. The van der Waals surface area contributed by atoms with Gasteiger partial charge in [-0.15, -0.1) is 0 Å². The summed E-state index contributed by atoms with van der Waals surface area (Å²) in [6.45, 7) is 10.8. The van der Waals surface area contributed by atoms with Crippen LogP contribution >= 0.6 is 11.3 Å². The third kappa shape index (κ3) is 4.30. The second kappa shape index (κ2) is 8.31. The molecule has 1 rings (SSSR count). The normalized spacial score (nSPS) is 11.0. The number of aryl methyl sites for hydroxylation is 1. The molecule has 0 saturated carbocycles. The summed E-state index contributed by atoms with van der Waals surface area (Å²) in [5.74, 6) is 0.707. The number of aromatic nitrogens is 1. The van der Waals surface area contributed by atoms with Crippen molar-refractivity contribution in [3.63, 3.8) is 0 Å². The summed E-state index contributed by atoms with van der Waals surface area (Å²) in [7, 11) is 0. The van der Waals surface area contributed by atoms with Crippen LogP contribution in [0.5, 0.6) is 0 Å². The minimum absolute atomic E-state index is 0.707. The van der Waals surface area contributed by atoms with Crippen LogP contribution in [0, 0.1) is 5.92 Å². The molecule has 108 valence electrons. The van der Waals surface area contributed by atoms with E-state index < -0.39 is 0 Å². The van der Waals surface area contributed by atoms with Crippen molar-refractivity contribution in [3.05, 3.63) is 10.6 Å². The fourth-order valence-corrected chi connectivity index (χ4v) is 3.19. The lowest BCUT2D eigenvalue weighted by molar-refractivity contribution is 0.112. The smallest absolute Gasteiger partial charge is 0.186 e. The molecule has 0 unspecified atom stereocenters. The van der Waals surface area contributed by atoms with Gasteiger partial charge < -0.3 is 4.90 Å². The summed E-state index contributed by atoms with van der Waals surface area (Å²) < 4.78 is 0. The molecular formula is C15H26N2OS. The van der Waals surface area contributed by atoms with Crippen molar-refractivity contribution in [3.8, 4) is 0 Å². The van der Waals surface area contributed by atoms with E-state index in [1.54, 1.807) is 11.3 Å². The first kappa shape index (κ1) is 16.2. The fourth-order valence-electron chi connectivity index (χ4n) is 2.19. The van der Waals surface area contributed by atoms with E-state index >= 15 is 0 Å². The van der Waals surface area contributed by atoms with Gasteiger partial charge in [0.2, 0.25) is 0 Å². The Balaban J connectivity index is 2.88. The van der Waals surface area contributed by atoms with Crippen molar-refractivity contribution >= 4 is 22.8 Å². The molecule has 19 heavy (non-hydrogen) atoms. The second-order valence-corrected chi connectivity index (χ2v) is 5.91. The van der Waals surface area contributed by atoms with Crippen LogP contribution in [0.3, 0.4) is 0 Å². The lowest BCUT2D eigenvalue weighted by Crippen LogP contribution is -2.28. The van der Waals surface area contributed by atoms with E-state index in [0.717, 1.165) is 47.9 Å². The minimum Gasteiger partial charge on any atom is -0.348 e. The zero-order valence-corrected chi connectivity index (χ0v) is 13.4. The first-order chi connectivity index (χ1) is 9.19. The van der Waals surface area contributed by atoms with Crippen LogP contribution in [0.4, 0.5) is 5.13 Å². The molecule has 0 radical (unpaired) electrons. The van der Waals surface area contributed by atoms with Crippen LogP contribution in [0.15, 0.2) is 0 Å². The molecule has 1 heterocycles. The van der Waals surface area contributed by atoms with Crippen molar-refractivity contribution in [1.82, 2.24) is 4.98 Å². The molecule has 3 nitrogen and oxygen atoms in total. The Hall–Kier alpha value is -0.900. The van der Waals surface area contributed by atoms with Crippen LogP contribution in [-0.4, -0.2) is 24.4 Å². The zero-order chi connectivity index (χ0) is 14.3. The lowest BCUT2D eigenvalue weighted by atomic mass is 10.0. The van der Waals surface area contributed by atoms with Gasteiger partial charge in [-0.3, -0.25) is 4.79 Å². The summed E-state index contributed by atoms with van der Waals surface area (Å²) in [5.41, 5.74) is 0.973. The van der Waals surface area contributed by atoms with Crippen LogP contribution < -0.4 is 4.90 Å². The quantitative estimate of drug-likeness (QED) is 0.637. The summed E-state index contributed by atoms with van der Waals surface area (Å²) >= 11 is 1.54. The number of hydrogen-bond acceptors (Lipinski definition) is 4. The molecule has 0 aliphatic rings. The molecule has 0 atom stereocenters. The molecule has 1 aromatic heterocycles. The average molecular weight is 282 g/mol. The van der Waals surface area contributed by atoms with E-state index in [0.29, 0.717) is 5.92 Å². The molecule has 0 fully saturated rings. The predicted molar refractivity (Wildman–Crippen MR) is 83.5 cm³/mol. The van der Waals surface area contributed by atoms with Crippen LogP contribution in [-0.2, 0) is 6.42 Å². The van der Waals surface area contributed by atoms with Crippen molar-refractivity contribution in [2.24, 2.45) is 5.92 Å². The Bertz CT molecular complexity index is 385. The molecule has 4 heteroatoms. The van der Waals surface area contributed by atoms with Gasteiger partial charge in [-0.25, -0.2) is 4.98 Å². The van der Waals surface area contributed by atoms with Crippen molar-refractivity contribution < 1.29 is 4.79 Å². The minimum atomic E-state index is 0.707. The predicted octanol–water partition coefficient (Wildman–Crippen LogP) is 4.17. The van der Waals surface area contributed by atoms with E-state index in [9.17, 15) is 4.79 Å². The Morgan fingerprint density at radius 2 is 1.95 bits per heavy atom. The summed E-state index contributed by atoms with van der Waals surface area (Å²) in [6.07, 6.45) is 5.27. The highest BCUT2D eigenvalue weighted by atomic mass is 32.1. The number of rotatable bonds is 9. The molecule has 1 aromatic rings. The molecule has 0 saturated heterocycles. The van der Waals surface area contributed by atoms with Gasteiger partial charge in [0, 0.05) is 13.1 Å². The number of carbonyl (C=O) groups excluding carboxylic acids is 1. The lowest BCUT2D eigenvalue weighted by Gasteiger charge is -2.24. The molecule has 0 aromatic carbocycles. The van der Waals surface area contributed by atoms with Gasteiger partial charge in [0.1, 0.15) is 0 Å². The van der Waals surface area contributed by atoms with Crippen LogP contribution in [0.25, 0.3) is 0 Å². The monoisotopic (exact) mass is 282 g/mol. The van der Waals surface area contributed by atoms with E-state index in [2.05, 4.69) is 37.6 Å². The Kier molecular flexibility index (Phi) is 7.06. The Labute approximate surface area is 121 Å². The summed E-state index contributed by atoms with van der Waals surface area (Å²) in [5, 5.41) is 1.01. The SMILES string of the molecule is CCCc1nc(N(CC)CC(CC)CC)sc1C=O. The zero-order valence-electron chi connectivity index (χ0n) is 12.6. The third-order valence-corrected chi connectivity index (χ3v) is 4.68. The van der Waals surface area contributed by atoms with Crippen molar-refractivity contribution in [2.45, 2.75) is 53.4 Å². The van der Waals surface area contributed by atoms with Gasteiger partial charge in [-0.1, -0.05) is 51.4 Å². The van der Waals surface area contributed by atoms with Gasteiger partial charge in [0.25, 0.3) is 0 Å². The third-order valence-electron chi connectivity index (χ3n) is 3.60. The van der Waals surface area contributed by atoms with Gasteiger partial charge in [0.05, 0.1) is 10.6 Å². The maximum absolute atomic E-state index is 11.1. The van der Waals surface area contributed by atoms with Gasteiger partial charge in [0.15, 0.2) is 11.4 Å². The topological polar surface area (TPSA) is 33.2 Å². The van der Waals surface area contributed by atoms with E-state index in [1.807, 2.05) is 0 Å².